The number of carbonyl (C=O) groups excluding carboxylic acids is 2. The Bertz CT molecular complexity index is 1210. The first-order valence-electron chi connectivity index (χ1n) is 11.8. The second-order valence-corrected chi connectivity index (χ2v) is 12.4. The first-order chi connectivity index (χ1) is 16.6. The van der Waals surface area contributed by atoms with Crippen LogP contribution in [0.2, 0.25) is 0 Å². The quantitative estimate of drug-likeness (QED) is 0.460. The Morgan fingerprint density at radius 1 is 1.28 bits per heavy atom. The summed E-state index contributed by atoms with van der Waals surface area (Å²) < 4.78 is 32.7. The molecule has 2 amide bonds. The highest BCUT2D eigenvalue weighted by atomic mass is 35.5. The Hall–Kier alpha value is -2.02. The maximum atomic E-state index is 13.0. The molecule has 12 heteroatoms. The molecule has 198 valence electrons. The van der Waals surface area contributed by atoms with Crippen molar-refractivity contribution in [3.05, 3.63) is 45.8 Å². The lowest BCUT2D eigenvalue weighted by molar-refractivity contribution is -0.0000266. The van der Waals surface area contributed by atoms with E-state index < -0.39 is 21.8 Å². The topological polar surface area (TPSA) is 122 Å². The van der Waals surface area contributed by atoms with Crippen LogP contribution in [0.15, 0.2) is 29.2 Å². The third-order valence-corrected chi connectivity index (χ3v) is 9.57. The summed E-state index contributed by atoms with van der Waals surface area (Å²) in [5.74, 6) is -0.991. The Morgan fingerprint density at radius 2 is 1.97 bits per heavy atom. The summed E-state index contributed by atoms with van der Waals surface area (Å²) in [7, 11) is -2.17. The van der Waals surface area contributed by atoms with Gasteiger partial charge in [0, 0.05) is 49.8 Å². The number of hydrogen-bond acceptors (Lipinski definition) is 7. The van der Waals surface area contributed by atoms with Gasteiger partial charge in [-0.1, -0.05) is 0 Å². The van der Waals surface area contributed by atoms with Crippen molar-refractivity contribution in [2.45, 2.75) is 56.7 Å². The molecule has 0 saturated carbocycles. The molecule has 36 heavy (non-hydrogen) atoms. The average Bonchev–Trinajstić information content (AvgIpc) is 3.45. The van der Waals surface area contributed by atoms with E-state index in [1.807, 2.05) is 0 Å². The highest BCUT2D eigenvalue weighted by Gasteiger charge is 2.29. The fourth-order valence-corrected chi connectivity index (χ4v) is 7.00. The van der Waals surface area contributed by atoms with Crippen LogP contribution in [0.4, 0.5) is 5.00 Å². The van der Waals surface area contributed by atoms with Crippen LogP contribution in [0.25, 0.3) is 0 Å². The summed E-state index contributed by atoms with van der Waals surface area (Å²) in [5, 5.41) is 3.26. The molecule has 1 aromatic carbocycles. The zero-order chi connectivity index (χ0) is 25.3. The monoisotopic (exact) mass is 555 g/mol. The van der Waals surface area contributed by atoms with Crippen molar-refractivity contribution in [2.24, 2.45) is 5.73 Å². The van der Waals surface area contributed by atoms with E-state index >= 15 is 0 Å². The molecule has 2 aliphatic heterocycles. The van der Waals surface area contributed by atoms with Gasteiger partial charge in [0.1, 0.15) is 5.00 Å². The van der Waals surface area contributed by atoms with Gasteiger partial charge < -0.3 is 28.2 Å². The number of rotatable bonds is 8. The maximum Gasteiger partial charge on any atom is 0.256 e. The molecule has 3 heterocycles. The Morgan fingerprint density at radius 3 is 2.56 bits per heavy atom. The summed E-state index contributed by atoms with van der Waals surface area (Å²) in [5.41, 5.74) is 7.24. The number of nitrogens with zero attached hydrogens (tertiary/aromatic N) is 2. The molecule has 9 nitrogen and oxygen atoms in total. The zero-order valence-corrected chi connectivity index (χ0v) is 23.0. The van der Waals surface area contributed by atoms with Crippen LogP contribution in [0, 0.1) is 0 Å². The first-order valence-corrected chi connectivity index (χ1v) is 14.0. The van der Waals surface area contributed by atoms with Gasteiger partial charge >= 0.3 is 0 Å². The van der Waals surface area contributed by atoms with Gasteiger partial charge in [-0.15, -0.1) is 11.3 Å². The number of benzene rings is 1. The maximum absolute atomic E-state index is 13.0. The summed E-state index contributed by atoms with van der Waals surface area (Å²) in [6.45, 7) is 6.73. The van der Waals surface area contributed by atoms with Gasteiger partial charge in [-0.05, 0) is 62.9 Å². The summed E-state index contributed by atoms with van der Waals surface area (Å²) in [6, 6.07) is 6.16. The van der Waals surface area contributed by atoms with E-state index in [4.69, 9.17) is 10.5 Å². The molecule has 0 bridgehead atoms. The number of nitrogens with two attached hydrogens (primary N) is 1. The van der Waals surface area contributed by atoms with E-state index in [0.717, 1.165) is 29.8 Å². The van der Waals surface area contributed by atoms with Gasteiger partial charge in [0.25, 0.3) is 11.8 Å². The smallest absolute Gasteiger partial charge is 0.256 e. The standard InChI is InChI=1S/C24H32N4O5S2.ClH/c1-15(2)28-11-10-19-20(14-28)34-24(21(19)22(25)29)26-23(30)16-6-8-18(9-7-16)35(31,32)27(3)13-17-5-4-12-33-17;/h6-9,15,17H,4-5,10-14H2,1-3H3,(H2,25,29)(H,26,30);1H/p-1. The fraction of sp³-hybridized carbons (Fsp3) is 0.500. The van der Waals surface area contributed by atoms with Crippen LogP contribution < -0.4 is 23.5 Å². The minimum Gasteiger partial charge on any atom is -1.00 e. The van der Waals surface area contributed by atoms with Gasteiger partial charge in [0.2, 0.25) is 10.0 Å². The number of anilines is 1. The van der Waals surface area contributed by atoms with E-state index in [2.05, 4.69) is 24.1 Å². The average molecular weight is 556 g/mol. The summed E-state index contributed by atoms with van der Waals surface area (Å²) in [4.78, 5) is 28.6. The van der Waals surface area contributed by atoms with Crippen LogP contribution in [-0.2, 0) is 27.7 Å². The number of primary amides is 1. The number of hydrogen-bond donors (Lipinski definition) is 2. The third-order valence-electron chi connectivity index (χ3n) is 6.60. The molecule has 1 aromatic heterocycles. The highest BCUT2D eigenvalue weighted by molar-refractivity contribution is 7.89. The minimum atomic E-state index is -3.70. The Balaban J connectivity index is 0.00000361. The molecule has 0 aliphatic carbocycles. The van der Waals surface area contributed by atoms with E-state index in [9.17, 15) is 18.0 Å². The summed E-state index contributed by atoms with van der Waals surface area (Å²) >= 11 is 1.37. The highest BCUT2D eigenvalue weighted by Crippen LogP contribution is 2.37. The lowest BCUT2D eigenvalue weighted by Gasteiger charge is -2.30. The first kappa shape index (κ1) is 28.5. The van der Waals surface area contributed by atoms with Crippen molar-refractivity contribution in [3.8, 4) is 0 Å². The number of sulfonamides is 1. The fourth-order valence-electron chi connectivity index (χ4n) is 4.52. The van der Waals surface area contributed by atoms with Crippen molar-refractivity contribution in [2.75, 3.05) is 32.1 Å². The van der Waals surface area contributed by atoms with Crippen molar-refractivity contribution < 1.29 is 35.2 Å². The number of likely N-dealkylation sites (N-methyl/N-ethyl adjacent to an activating group) is 1. The van der Waals surface area contributed by atoms with Gasteiger partial charge in [0.15, 0.2) is 0 Å². The predicted octanol–water partition coefficient (Wildman–Crippen LogP) is -0.331. The number of halogens is 1. The molecule has 2 aliphatic rings. The molecule has 1 unspecified atom stereocenters. The van der Waals surface area contributed by atoms with E-state index in [-0.39, 0.29) is 35.5 Å². The molecule has 2 aromatic rings. The molecule has 1 fully saturated rings. The SMILES string of the molecule is CC(C)N1CCc2c(sc(NC(=O)c3ccc(S(=O)(=O)N(C)CC4CCCO4)cc3)c2C(N)=O)C1.[Cl-]. The van der Waals surface area contributed by atoms with E-state index in [1.54, 1.807) is 0 Å². The number of ether oxygens (including phenoxy) is 1. The van der Waals surface area contributed by atoms with Crippen molar-refractivity contribution in [1.29, 1.82) is 0 Å². The second-order valence-electron chi connectivity index (χ2n) is 9.29. The molecule has 1 saturated heterocycles. The van der Waals surface area contributed by atoms with E-state index in [0.29, 0.717) is 36.2 Å². The second kappa shape index (κ2) is 11.6. The molecule has 3 N–H and O–H groups in total. The van der Waals surface area contributed by atoms with Crippen LogP contribution >= 0.6 is 11.3 Å². The number of amides is 2. The predicted molar refractivity (Wildman–Crippen MR) is 135 cm³/mol. The van der Waals surface area contributed by atoms with Crippen molar-refractivity contribution in [3.63, 3.8) is 0 Å². The number of carbonyl (C=O) groups is 2. The molecular formula is C24H32ClN4O5S2-. The Kier molecular flexibility index (Phi) is 9.18. The van der Waals surface area contributed by atoms with Crippen LogP contribution in [0.5, 0.6) is 0 Å². The summed E-state index contributed by atoms with van der Waals surface area (Å²) in [6.07, 6.45) is 2.38. The van der Waals surface area contributed by atoms with Gasteiger partial charge in [-0.25, -0.2) is 8.42 Å². The molecule has 0 spiro atoms. The van der Waals surface area contributed by atoms with Gasteiger partial charge in [0.05, 0.1) is 16.6 Å². The normalized spacial score (nSPS) is 18.2. The van der Waals surface area contributed by atoms with Crippen LogP contribution in [0.3, 0.4) is 0 Å². The van der Waals surface area contributed by atoms with Crippen molar-refractivity contribution in [1.82, 2.24) is 9.21 Å². The number of fused-ring (bicyclic) bond motifs is 1. The molecule has 1 atom stereocenters. The van der Waals surface area contributed by atoms with Gasteiger partial charge in [-0.3, -0.25) is 14.5 Å². The van der Waals surface area contributed by atoms with Crippen LogP contribution in [0.1, 0.15) is 57.8 Å². The van der Waals surface area contributed by atoms with E-state index in [1.165, 1.54) is 47.0 Å². The Labute approximate surface area is 222 Å². The lowest BCUT2D eigenvalue weighted by atomic mass is 10.0. The lowest BCUT2D eigenvalue weighted by Crippen LogP contribution is -3.00. The minimum absolute atomic E-state index is 0. The van der Waals surface area contributed by atoms with Crippen molar-refractivity contribution >= 4 is 38.2 Å². The van der Waals surface area contributed by atoms with Gasteiger partial charge in [-0.2, -0.15) is 4.31 Å². The molecule has 4 rings (SSSR count). The largest absolute Gasteiger partial charge is 1.00 e. The van der Waals surface area contributed by atoms with Crippen LogP contribution in [-0.4, -0.2) is 68.3 Å². The molecular weight excluding hydrogens is 524 g/mol. The number of thiophene rings is 1. The number of nitrogens with one attached hydrogen (secondary N) is 1. The third kappa shape index (κ3) is 5.92. The zero-order valence-electron chi connectivity index (χ0n) is 20.6. The molecule has 0 radical (unpaired) electrons.